The Bertz CT molecular complexity index is 728. The summed E-state index contributed by atoms with van der Waals surface area (Å²) >= 11 is 3.51. The van der Waals surface area contributed by atoms with Crippen LogP contribution in [-0.2, 0) is 13.5 Å². The molecule has 6 heteroatoms. The average molecular weight is 320 g/mol. The van der Waals surface area contributed by atoms with E-state index in [0.29, 0.717) is 6.54 Å². The Morgan fingerprint density at radius 2 is 2.26 bits per heavy atom. The number of benzene rings is 1. The smallest absolute Gasteiger partial charge is 0.110 e. The average Bonchev–Trinajstić information content (AvgIpc) is 2.94. The van der Waals surface area contributed by atoms with E-state index >= 15 is 0 Å². The third kappa shape index (κ3) is 2.17. The second kappa shape index (κ2) is 4.79. The highest BCUT2D eigenvalue weighted by Crippen LogP contribution is 2.28. The molecule has 2 aromatic heterocycles. The zero-order valence-electron chi connectivity index (χ0n) is 10.5. The Morgan fingerprint density at radius 1 is 1.42 bits per heavy atom. The van der Waals surface area contributed by atoms with E-state index < -0.39 is 0 Å². The van der Waals surface area contributed by atoms with Crippen LogP contribution in [0.15, 0.2) is 29.1 Å². The third-order valence-electron chi connectivity index (χ3n) is 3.09. The van der Waals surface area contributed by atoms with Crippen molar-refractivity contribution >= 4 is 27.0 Å². The van der Waals surface area contributed by atoms with Gasteiger partial charge in [-0.2, -0.15) is 0 Å². The Balaban J connectivity index is 2.08. The predicted molar refractivity (Wildman–Crippen MR) is 78.8 cm³/mol. The Kier molecular flexibility index (Phi) is 3.12. The maximum Gasteiger partial charge on any atom is 0.110 e. The number of halogens is 1. The minimum Gasteiger partial charge on any atom is -0.336 e. The number of nitrogens with two attached hydrogens (primary N) is 1. The van der Waals surface area contributed by atoms with Crippen LogP contribution in [0.4, 0.5) is 0 Å². The fourth-order valence-corrected chi connectivity index (χ4v) is 2.67. The lowest BCUT2D eigenvalue weighted by atomic mass is 10.1. The van der Waals surface area contributed by atoms with Crippen molar-refractivity contribution in [1.82, 2.24) is 19.5 Å². The molecule has 3 rings (SSSR count). The van der Waals surface area contributed by atoms with Crippen molar-refractivity contribution in [3.63, 3.8) is 0 Å². The van der Waals surface area contributed by atoms with Crippen molar-refractivity contribution in [3.8, 4) is 11.3 Å². The number of aryl methyl sites for hydroxylation is 1. The molecule has 1 aromatic carbocycles. The maximum atomic E-state index is 5.55. The van der Waals surface area contributed by atoms with Gasteiger partial charge in [-0.3, -0.25) is 0 Å². The molecule has 0 fully saturated rings. The summed E-state index contributed by atoms with van der Waals surface area (Å²) < 4.78 is 2.88. The fourth-order valence-electron chi connectivity index (χ4n) is 2.13. The molecular weight excluding hydrogens is 306 g/mol. The minimum atomic E-state index is 0.582. The van der Waals surface area contributed by atoms with Crippen LogP contribution >= 0.6 is 15.9 Å². The molecule has 98 valence electrons. The van der Waals surface area contributed by atoms with E-state index in [4.69, 9.17) is 5.73 Å². The summed E-state index contributed by atoms with van der Waals surface area (Å²) in [6.45, 7) is 0.582. The third-order valence-corrected chi connectivity index (χ3v) is 3.66. The van der Waals surface area contributed by atoms with E-state index in [1.54, 1.807) is 0 Å². The van der Waals surface area contributed by atoms with Crippen LogP contribution in [-0.4, -0.2) is 26.1 Å². The Labute approximate surface area is 119 Å². The van der Waals surface area contributed by atoms with Crippen LogP contribution < -0.4 is 5.73 Å². The molecule has 3 N–H and O–H groups in total. The molecule has 3 aromatic rings. The first-order chi connectivity index (χ1) is 9.19. The van der Waals surface area contributed by atoms with E-state index in [2.05, 4.69) is 43.0 Å². The number of nitrogens with one attached hydrogen (secondary N) is 1. The van der Waals surface area contributed by atoms with Gasteiger partial charge in [-0.15, -0.1) is 0 Å². The summed E-state index contributed by atoms with van der Waals surface area (Å²) in [5.41, 5.74) is 9.56. The molecule has 0 unspecified atom stereocenters. The first-order valence-electron chi connectivity index (χ1n) is 6.05. The first kappa shape index (κ1) is 12.4. The summed E-state index contributed by atoms with van der Waals surface area (Å²) in [6, 6.07) is 6.15. The zero-order valence-corrected chi connectivity index (χ0v) is 12.1. The number of aromatic amines is 1. The summed E-state index contributed by atoms with van der Waals surface area (Å²) in [7, 11) is 1.98. The van der Waals surface area contributed by atoms with Crippen molar-refractivity contribution in [3.05, 3.63) is 35.0 Å². The van der Waals surface area contributed by atoms with Crippen LogP contribution in [0.3, 0.4) is 0 Å². The Morgan fingerprint density at radius 3 is 3.05 bits per heavy atom. The van der Waals surface area contributed by atoms with E-state index in [1.165, 1.54) is 0 Å². The molecule has 0 aliphatic heterocycles. The molecule has 0 aliphatic rings. The number of aromatic nitrogens is 4. The van der Waals surface area contributed by atoms with Crippen LogP contribution in [0.25, 0.3) is 22.3 Å². The molecule has 0 atom stereocenters. The lowest BCUT2D eigenvalue weighted by molar-refractivity contribution is 0.893. The second-order valence-corrected chi connectivity index (χ2v) is 5.24. The van der Waals surface area contributed by atoms with Crippen molar-refractivity contribution < 1.29 is 0 Å². The standard InChI is InChI=1S/C13H14BrN5/c1-19-7-16-9-6-8(2-3-10(9)19)12-13(14)18-11(17-12)4-5-15/h2-3,6-7H,4-5,15H2,1H3,(H,17,18). The van der Waals surface area contributed by atoms with Gasteiger partial charge in [0.25, 0.3) is 0 Å². The monoisotopic (exact) mass is 319 g/mol. The van der Waals surface area contributed by atoms with Crippen molar-refractivity contribution in [2.75, 3.05) is 6.54 Å². The zero-order chi connectivity index (χ0) is 13.4. The van der Waals surface area contributed by atoms with Crippen molar-refractivity contribution in [2.45, 2.75) is 6.42 Å². The van der Waals surface area contributed by atoms with Gasteiger partial charge < -0.3 is 15.3 Å². The highest BCUT2D eigenvalue weighted by Gasteiger charge is 2.11. The number of nitrogens with zero attached hydrogens (tertiary/aromatic N) is 3. The predicted octanol–water partition coefficient (Wildman–Crippen LogP) is 2.23. The molecular formula is C13H14BrN5. The van der Waals surface area contributed by atoms with Gasteiger partial charge >= 0.3 is 0 Å². The van der Waals surface area contributed by atoms with Crippen LogP contribution in [0.5, 0.6) is 0 Å². The van der Waals surface area contributed by atoms with Gasteiger partial charge in [-0.1, -0.05) is 6.07 Å². The quantitative estimate of drug-likeness (QED) is 0.777. The normalized spacial score (nSPS) is 11.3. The summed E-state index contributed by atoms with van der Waals surface area (Å²) in [5, 5.41) is 0. The number of imidazole rings is 2. The molecule has 0 aliphatic carbocycles. The van der Waals surface area contributed by atoms with Gasteiger partial charge in [0.05, 0.1) is 17.4 Å². The summed E-state index contributed by atoms with van der Waals surface area (Å²) in [6.07, 6.45) is 2.55. The van der Waals surface area contributed by atoms with Crippen LogP contribution in [0, 0.1) is 0 Å². The van der Waals surface area contributed by atoms with E-state index in [1.807, 2.05) is 24.0 Å². The number of H-pyrrole nitrogens is 1. The molecule has 2 heterocycles. The highest BCUT2D eigenvalue weighted by atomic mass is 79.9. The van der Waals surface area contributed by atoms with Gasteiger partial charge in [0.1, 0.15) is 16.1 Å². The lowest BCUT2D eigenvalue weighted by Gasteiger charge is -1.99. The topological polar surface area (TPSA) is 72.5 Å². The summed E-state index contributed by atoms with van der Waals surface area (Å²) in [5.74, 6) is 0.894. The van der Waals surface area contributed by atoms with E-state index in [9.17, 15) is 0 Å². The summed E-state index contributed by atoms with van der Waals surface area (Å²) in [4.78, 5) is 12.1. The molecule has 0 saturated heterocycles. The maximum absolute atomic E-state index is 5.55. The lowest BCUT2D eigenvalue weighted by Crippen LogP contribution is -2.03. The largest absolute Gasteiger partial charge is 0.336 e. The van der Waals surface area contributed by atoms with Gasteiger partial charge in [-0.25, -0.2) is 9.97 Å². The molecule has 5 nitrogen and oxygen atoms in total. The van der Waals surface area contributed by atoms with Crippen molar-refractivity contribution in [2.24, 2.45) is 12.8 Å². The molecule has 19 heavy (non-hydrogen) atoms. The molecule has 0 amide bonds. The van der Waals surface area contributed by atoms with Crippen LogP contribution in [0.2, 0.25) is 0 Å². The number of hydrogen-bond acceptors (Lipinski definition) is 3. The first-order valence-corrected chi connectivity index (χ1v) is 6.84. The van der Waals surface area contributed by atoms with Gasteiger partial charge in [-0.05, 0) is 34.6 Å². The van der Waals surface area contributed by atoms with Gasteiger partial charge in [0.15, 0.2) is 0 Å². The minimum absolute atomic E-state index is 0.582. The Hall–Kier alpha value is -1.66. The molecule has 0 spiro atoms. The molecule has 0 bridgehead atoms. The van der Waals surface area contributed by atoms with E-state index in [-0.39, 0.29) is 0 Å². The SMILES string of the molecule is Cn1cnc2cc(-c3nc(CCN)[nH]c3Br)ccc21. The number of fused-ring (bicyclic) bond motifs is 1. The second-order valence-electron chi connectivity index (χ2n) is 4.44. The molecule has 0 saturated carbocycles. The van der Waals surface area contributed by atoms with Crippen LogP contribution in [0.1, 0.15) is 5.82 Å². The van der Waals surface area contributed by atoms with Crippen molar-refractivity contribution in [1.29, 1.82) is 0 Å². The molecule has 0 radical (unpaired) electrons. The van der Waals surface area contributed by atoms with Gasteiger partial charge in [0, 0.05) is 19.0 Å². The number of hydrogen-bond donors (Lipinski definition) is 2. The fraction of sp³-hybridized carbons (Fsp3) is 0.231. The number of rotatable bonds is 3. The van der Waals surface area contributed by atoms with Gasteiger partial charge in [0.2, 0.25) is 0 Å². The van der Waals surface area contributed by atoms with E-state index in [0.717, 1.165) is 39.1 Å². The highest BCUT2D eigenvalue weighted by molar-refractivity contribution is 9.10.